The van der Waals surface area contributed by atoms with Crippen molar-refractivity contribution in [1.29, 1.82) is 0 Å². The first-order valence-corrected chi connectivity index (χ1v) is 7.91. The fraction of sp³-hybridized carbons (Fsp3) is 0.600. The van der Waals surface area contributed by atoms with Crippen LogP contribution in [0.4, 0.5) is 5.69 Å². The molecule has 19 heavy (non-hydrogen) atoms. The van der Waals surface area contributed by atoms with Gasteiger partial charge in [0.05, 0.1) is 12.7 Å². The zero-order chi connectivity index (χ0) is 14.1. The Kier molecular flexibility index (Phi) is 8.41. The summed E-state index contributed by atoms with van der Waals surface area (Å²) in [4.78, 5) is 0. The van der Waals surface area contributed by atoms with E-state index in [9.17, 15) is 5.11 Å². The van der Waals surface area contributed by atoms with E-state index in [0.29, 0.717) is 13.2 Å². The molecule has 0 bridgehead atoms. The maximum atomic E-state index is 9.82. The van der Waals surface area contributed by atoms with Crippen LogP contribution in [0.15, 0.2) is 24.3 Å². The summed E-state index contributed by atoms with van der Waals surface area (Å²) in [5.74, 6) is 0.718. The van der Waals surface area contributed by atoms with Crippen LogP contribution >= 0.6 is 22.6 Å². The highest BCUT2D eigenvalue weighted by Crippen LogP contribution is 2.16. The minimum Gasteiger partial charge on any atom is -0.389 e. The van der Waals surface area contributed by atoms with Gasteiger partial charge in [-0.15, -0.1) is 0 Å². The summed E-state index contributed by atoms with van der Waals surface area (Å²) < 4.78 is 6.63. The van der Waals surface area contributed by atoms with E-state index in [2.05, 4.69) is 41.8 Å². The predicted octanol–water partition coefficient (Wildman–Crippen LogP) is 3.52. The fourth-order valence-corrected chi connectivity index (χ4v) is 2.28. The van der Waals surface area contributed by atoms with E-state index in [4.69, 9.17) is 4.74 Å². The number of para-hydroxylation sites is 1. The van der Waals surface area contributed by atoms with Gasteiger partial charge in [0.1, 0.15) is 0 Å². The Bertz CT molecular complexity index is 358. The molecule has 0 saturated carbocycles. The van der Waals surface area contributed by atoms with Gasteiger partial charge in [-0.3, -0.25) is 0 Å². The molecule has 0 radical (unpaired) electrons. The van der Waals surface area contributed by atoms with Crippen molar-refractivity contribution in [3.8, 4) is 0 Å². The third-order valence-electron chi connectivity index (χ3n) is 2.78. The largest absolute Gasteiger partial charge is 0.389 e. The molecule has 0 heterocycles. The molecule has 0 aliphatic rings. The van der Waals surface area contributed by atoms with Crippen LogP contribution in [0, 0.1) is 9.49 Å². The van der Waals surface area contributed by atoms with Crippen molar-refractivity contribution in [2.45, 2.75) is 32.8 Å². The molecule has 0 aliphatic carbocycles. The van der Waals surface area contributed by atoms with Crippen molar-refractivity contribution in [3.05, 3.63) is 27.8 Å². The first-order chi connectivity index (χ1) is 9.09. The Morgan fingerprint density at radius 3 is 2.74 bits per heavy atom. The number of benzene rings is 1. The summed E-state index contributed by atoms with van der Waals surface area (Å²) in [5, 5.41) is 13.1. The number of aliphatic hydroxyl groups excluding tert-OH is 1. The Balaban J connectivity index is 2.11. The van der Waals surface area contributed by atoms with Crippen LogP contribution in [0.2, 0.25) is 0 Å². The first kappa shape index (κ1) is 16.7. The summed E-state index contributed by atoms with van der Waals surface area (Å²) in [6.45, 7) is 6.07. The number of nitrogens with one attached hydrogen (secondary N) is 1. The molecule has 2 N–H and O–H groups in total. The molecule has 1 atom stereocenters. The molecule has 3 nitrogen and oxygen atoms in total. The van der Waals surface area contributed by atoms with Gasteiger partial charge < -0.3 is 15.2 Å². The maximum Gasteiger partial charge on any atom is 0.0945 e. The number of rotatable bonds is 9. The third-order valence-corrected chi connectivity index (χ3v) is 3.72. The quantitative estimate of drug-likeness (QED) is 0.511. The Hall–Kier alpha value is -0.330. The van der Waals surface area contributed by atoms with Gasteiger partial charge >= 0.3 is 0 Å². The van der Waals surface area contributed by atoms with E-state index in [1.807, 2.05) is 24.3 Å². The van der Waals surface area contributed by atoms with Crippen molar-refractivity contribution in [1.82, 2.24) is 0 Å². The molecule has 1 aromatic carbocycles. The molecular formula is C15H24INO2. The number of hydrogen-bond acceptors (Lipinski definition) is 3. The van der Waals surface area contributed by atoms with Crippen LogP contribution in [-0.2, 0) is 4.74 Å². The van der Waals surface area contributed by atoms with Crippen molar-refractivity contribution in [2.24, 2.45) is 5.92 Å². The van der Waals surface area contributed by atoms with Crippen molar-refractivity contribution in [2.75, 3.05) is 25.1 Å². The Morgan fingerprint density at radius 1 is 1.32 bits per heavy atom. The zero-order valence-electron chi connectivity index (χ0n) is 11.7. The smallest absolute Gasteiger partial charge is 0.0945 e. The highest BCUT2D eigenvalue weighted by Gasteiger charge is 2.05. The van der Waals surface area contributed by atoms with Gasteiger partial charge in [-0.25, -0.2) is 0 Å². The lowest BCUT2D eigenvalue weighted by Gasteiger charge is -2.14. The van der Waals surface area contributed by atoms with Crippen LogP contribution in [0.1, 0.15) is 26.7 Å². The van der Waals surface area contributed by atoms with E-state index in [1.54, 1.807) is 0 Å². The van der Waals surface area contributed by atoms with Crippen LogP contribution in [-0.4, -0.2) is 31.0 Å². The highest BCUT2D eigenvalue weighted by atomic mass is 127. The lowest BCUT2D eigenvalue weighted by Crippen LogP contribution is -2.25. The molecule has 0 aliphatic heterocycles. The van der Waals surface area contributed by atoms with Gasteiger partial charge in [0.2, 0.25) is 0 Å². The van der Waals surface area contributed by atoms with Crippen LogP contribution in [0.5, 0.6) is 0 Å². The second-order valence-electron chi connectivity index (χ2n) is 5.13. The molecule has 0 aromatic heterocycles. The van der Waals surface area contributed by atoms with Crippen molar-refractivity contribution >= 4 is 28.3 Å². The normalized spacial score (nSPS) is 12.7. The maximum absolute atomic E-state index is 9.82. The van der Waals surface area contributed by atoms with Crippen LogP contribution < -0.4 is 5.32 Å². The van der Waals surface area contributed by atoms with E-state index in [0.717, 1.165) is 28.2 Å². The highest BCUT2D eigenvalue weighted by molar-refractivity contribution is 14.1. The van der Waals surface area contributed by atoms with Gasteiger partial charge in [-0.05, 0) is 53.5 Å². The van der Waals surface area contributed by atoms with Crippen LogP contribution in [0.3, 0.4) is 0 Å². The number of halogens is 1. The van der Waals surface area contributed by atoms with E-state index < -0.39 is 6.10 Å². The summed E-state index contributed by atoms with van der Waals surface area (Å²) in [7, 11) is 0. The van der Waals surface area contributed by atoms with Gasteiger partial charge in [-0.2, -0.15) is 0 Å². The lowest BCUT2D eigenvalue weighted by atomic mass is 10.1. The molecular weight excluding hydrogens is 353 g/mol. The molecule has 4 heteroatoms. The Morgan fingerprint density at radius 2 is 2.05 bits per heavy atom. The number of hydrogen-bond donors (Lipinski definition) is 2. The monoisotopic (exact) mass is 377 g/mol. The fourth-order valence-electron chi connectivity index (χ4n) is 1.70. The standard InChI is InChI=1S/C15H24INO2/c1-12(2)6-5-9-19-11-13(18)10-17-15-8-4-3-7-14(15)16/h3-4,7-8,12-13,17-18H,5-6,9-11H2,1-2H3. The number of anilines is 1. The second kappa shape index (κ2) is 9.55. The SMILES string of the molecule is CC(C)CCCOCC(O)CNc1ccccc1I. The van der Waals surface area contributed by atoms with Crippen molar-refractivity contribution < 1.29 is 9.84 Å². The molecule has 1 unspecified atom stereocenters. The second-order valence-corrected chi connectivity index (χ2v) is 6.29. The molecule has 1 rings (SSSR count). The summed E-state index contributed by atoms with van der Waals surface area (Å²) in [5.41, 5.74) is 1.06. The lowest BCUT2D eigenvalue weighted by molar-refractivity contribution is 0.0409. The Labute approximate surface area is 129 Å². The number of aliphatic hydroxyl groups is 1. The minimum absolute atomic E-state index is 0.397. The molecule has 1 aromatic rings. The average Bonchev–Trinajstić information content (AvgIpc) is 2.37. The minimum atomic E-state index is -0.463. The van der Waals surface area contributed by atoms with Gasteiger partial charge in [-0.1, -0.05) is 26.0 Å². The topological polar surface area (TPSA) is 41.5 Å². The van der Waals surface area contributed by atoms with Gasteiger partial charge in [0.15, 0.2) is 0 Å². The van der Waals surface area contributed by atoms with E-state index >= 15 is 0 Å². The summed E-state index contributed by atoms with van der Waals surface area (Å²) >= 11 is 2.28. The van der Waals surface area contributed by atoms with Gasteiger partial charge in [0, 0.05) is 22.4 Å². The molecule has 0 saturated heterocycles. The van der Waals surface area contributed by atoms with E-state index in [-0.39, 0.29) is 0 Å². The molecule has 0 fully saturated rings. The molecule has 0 amide bonds. The molecule has 108 valence electrons. The zero-order valence-corrected chi connectivity index (χ0v) is 13.9. The average molecular weight is 377 g/mol. The number of ether oxygens (including phenoxy) is 1. The van der Waals surface area contributed by atoms with Crippen molar-refractivity contribution in [3.63, 3.8) is 0 Å². The predicted molar refractivity (Wildman–Crippen MR) is 88.5 cm³/mol. The first-order valence-electron chi connectivity index (χ1n) is 6.83. The third kappa shape index (κ3) is 7.74. The summed E-state index contributed by atoms with van der Waals surface area (Å²) in [6, 6.07) is 8.04. The molecule has 0 spiro atoms. The summed E-state index contributed by atoms with van der Waals surface area (Å²) in [6.07, 6.45) is 1.78. The van der Waals surface area contributed by atoms with Gasteiger partial charge in [0.25, 0.3) is 0 Å². The van der Waals surface area contributed by atoms with E-state index in [1.165, 1.54) is 6.42 Å². The van der Waals surface area contributed by atoms with Crippen LogP contribution in [0.25, 0.3) is 0 Å².